The van der Waals surface area contributed by atoms with Crippen molar-refractivity contribution in [2.24, 2.45) is 0 Å². The maximum absolute atomic E-state index is 9.10. The van der Waals surface area contributed by atoms with Gasteiger partial charge in [0.25, 0.3) is 0 Å². The minimum atomic E-state index is 0.0527. The van der Waals surface area contributed by atoms with Crippen LogP contribution in [0.4, 0.5) is 0 Å². The Hall–Kier alpha value is -2.06. The first-order chi connectivity index (χ1) is 11.9. The Morgan fingerprint density at radius 1 is 1.00 bits per heavy atom. The fourth-order valence-electron chi connectivity index (χ4n) is 3.52. The van der Waals surface area contributed by atoms with Crippen LogP contribution in [0.15, 0.2) is 54.6 Å². The fraction of sp³-hybridized carbons (Fsp3) is 0.364. The summed E-state index contributed by atoms with van der Waals surface area (Å²) in [6.07, 6.45) is 9.77. The zero-order valence-corrected chi connectivity index (χ0v) is 14.2. The van der Waals surface area contributed by atoms with Crippen LogP contribution in [0.2, 0.25) is 0 Å². The molecule has 2 heteroatoms. The summed E-state index contributed by atoms with van der Waals surface area (Å²) in [5.74, 6) is 1.62. The van der Waals surface area contributed by atoms with Crippen LogP contribution in [-0.2, 0) is 6.42 Å². The second kappa shape index (κ2) is 8.70. The normalized spacial score (nSPS) is 15.2. The first-order valence-electron chi connectivity index (χ1n) is 8.95. The number of aliphatic hydroxyl groups is 1. The van der Waals surface area contributed by atoms with Gasteiger partial charge in [0.1, 0.15) is 5.75 Å². The van der Waals surface area contributed by atoms with Gasteiger partial charge >= 0.3 is 0 Å². The van der Waals surface area contributed by atoms with Gasteiger partial charge in [-0.25, -0.2) is 0 Å². The molecule has 0 spiro atoms. The maximum atomic E-state index is 9.10. The van der Waals surface area contributed by atoms with Gasteiger partial charge in [-0.2, -0.15) is 0 Å². The standard InChI is InChI=1S/C22H26O2/c23-16-7-13-20-12-6-14-21(19-10-4-5-11-19)22(20)24-17-15-18-8-2-1-3-9-18/h1-3,6-9,12-14,19,23H,4-5,10-11,15-17H2/b13-7+. The van der Waals surface area contributed by atoms with E-state index in [0.29, 0.717) is 12.5 Å². The lowest BCUT2D eigenvalue weighted by Gasteiger charge is -2.18. The summed E-state index contributed by atoms with van der Waals surface area (Å²) in [6.45, 7) is 0.727. The fourth-order valence-corrected chi connectivity index (χ4v) is 3.52. The van der Waals surface area contributed by atoms with E-state index in [1.165, 1.54) is 36.8 Å². The van der Waals surface area contributed by atoms with Gasteiger partial charge in [0.2, 0.25) is 0 Å². The molecule has 1 aliphatic rings. The average molecular weight is 322 g/mol. The van der Waals surface area contributed by atoms with Crippen LogP contribution in [0.3, 0.4) is 0 Å². The Morgan fingerprint density at radius 2 is 1.79 bits per heavy atom. The third-order valence-corrected chi connectivity index (χ3v) is 4.75. The third kappa shape index (κ3) is 4.27. The van der Waals surface area contributed by atoms with Gasteiger partial charge in [-0.1, -0.05) is 73.5 Å². The van der Waals surface area contributed by atoms with Crippen molar-refractivity contribution in [3.05, 3.63) is 71.3 Å². The molecule has 0 saturated heterocycles. The van der Waals surface area contributed by atoms with Gasteiger partial charge < -0.3 is 9.84 Å². The van der Waals surface area contributed by atoms with E-state index in [1.807, 2.05) is 12.1 Å². The quantitative estimate of drug-likeness (QED) is 0.780. The molecule has 1 aliphatic carbocycles. The number of rotatable bonds is 7. The van der Waals surface area contributed by atoms with E-state index < -0.39 is 0 Å². The molecule has 0 unspecified atom stereocenters. The van der Waals surface area contributed by atoms with Crippen molar-refractivity contribution in [3.63, 3.8) is 0 Å². The lowest BCUT2D eigenvalue weighted by Crippen LogP contribution is -2.06. The van der Waals surface area contributed by atoms with E-state index in [1.54, 1.807) is 6.08 Å². The molecule has 0 aromatic heterocycles. The summed E-state index contributed by atoms with van der Waals surface area (Å²) in [7, 11) is 0. The van der Waals surface area contributed by atoms with E-state index >= 15 is 0 Å². The summed E-state index contributed by atoms with van der Waals surface area (Å²) in [5, 5.41) is 9.10. The van der Waals surface area contributed by atoms with Crippen molar-refractivity contribution < 1.29 is 9.84 Å². The number of hydrogen-bond donors (Lipinski definition) is 1. The van der Waals surface area contributed by atoms with Crippen molar-refractivity contribution in [3.8, 4) is 5.75 Å². The molecule has 1 saturated carbocycles. The molecule has 0 atom stereocenters. The Kier molecular flexibility index (Phi) is 6.08. The lowest BCUT2D eigenvalue weighted by atomic mass is 9.94. The first kappa shape index (κ1) is 16.8. The van der Waals surface area contributed by atoms with Crippen molar-refractivity contribution >= 4 is 6.08 Å². The number of ether oxygens (including phenoxy) is 1. The molecule has 3 rings (SSSR count). The molecule has 1 fully saturated rings. The predicted octanol–water partition coefficient (Wildman–Crippen LogP) is 4.97. The summed E-state index contributed by atoms with van der Waals surface area (Å²) in [5.41, 5.74) is 3.70. The molecule has 0 heterocycles. The number of hydrogen-bond acceptors (Lipinski definition) is 2. The summed E-state index contributed by atoms with van der Waals surface area (Å²) >= 11 is 0. The van der Waals surface area contributed by atoms with E-state index in [9.17, 15) is 0 Å². The van der Waals surface area contributed by atoms with Crippen molar-refractivity contribution in [2.45, 2.75) is 38.0 Å². The average Bonchev–Trinajstić information content (AvgIpc) is 3.16. The molecule has 2 aromatic rings. The lowest BCUT2D eigenvalue weighted by molar-refractivity contribution is 0.315. The molecule has 0 aliphatic heterocycles. The third-order valence-electron chi connectivity index (χ3n) is 4.75. The Labute approximate surface area is 144 Å². The summed E-state index contributed by atoms with van der Waals surface area (Å²) < 4.78 is 6.25. The highest BCUT2D eigenvalue weighted by Crippen LogP contribution is 2.40. The zero-order valence-electron chi connectivity index (χ0n) is 14.2. The van der Waals surface area contributed by atoms with Crippen molar-refractivity contribution in [1.29, 1.82) is 0 Å². The number of benzene rings is 2. The molecule has 24 heavy (non-hydrogen) atoms. The highest BCUT2D eigenvalue weighted by molar-refractivity contribution is 5.60. The SMILES string of the molecule is OC/C=C/c1cccc(C2CCCC2)c1OCCc1ccccc1. The van der Waals surface area contributed by atoms with Crippen molar-refractivity contribution in [1.82, 2.24) is 0 Å². The second-order valence-corrected chi connectivity index (χ2v) is 6.42. The van der Waals surface area contributed by atoms with Crippen LogP contribution in [0.5, 0.6) is 5.75 Å². The van der Waals surface area contributed by atoms with Gasteiger partial charge in [-0.3, -0.25) is 0 Å². The van der Waals surface area contributed by atoms with Crippen LogP contribution in [-0.4, -0.2) is 18.3 Å². The van der Waals surface area contributed by atoms with Gasteiger partial charge in [0.15, 0.2) is 0 Å². The van der Waals surface area contributed by atoms with Crippen molar-refractivity contribution in [2.75, 3.05) is 13.2 Å². The Morgan fingerprint density at radius 3 is 2.54 bits per heavy atom. The van der Waals surface area contributed by atoms with Crippen LogP contribution < -0.4 is 4.74 Å². The second-order valence-electron chi connectivity index (χ2n) is 6.42. The van der Waals surface area contributed by atoms with E-state index in [-0.39, 0.29) is 6.61 Å². The summed E-state index contributed by atoms with van der Waals surface area (Å²) in [4.78, 5) is 0. The maximum Gasteiger partial charge on any atom is 0.129 e. The highest BCUT2D eigenvalue weighted by Gasteiger charge is 2.21. The molecular formula is C22H26O2. The highest BCUT2D eigenvalue weighted by atomic mass is 16.5. The number of para-hydroxylation sites is 1. The smallest absolute Gasteiger partial charge is 0.129 e. The predicted molar refractivity (Wildman–Crippen MR) is 99.4 cm³/mol. The van der Waals surface area contributed by atoms with Crippen LogP contribution in [0.25, 0.3) is 6.08 Å². The summed E-state index contributed by atoms with van der Waals surface area (Å²) in [6, 6.07) is 16.8. The zero-order chi connectivity index (χ0) is 16.6. The minimum absolute atomic E-state index is 0.0527. The Bertz CT molecular complexity index is 655. The van der Waals surface area contributed by atoms with Crippen LogP contribution in [0, 0.1) is 0 Å². The Balaban J connectivity index is 1.78. The van der Waals surface area contributed by atoms with Crippen LogP contribution >= 0.6 is 0 Å². The van der Waals surface area contributed by atoms with E-state index in [2.05, 4.69) is 42.5 Å². The van der Waals surface area contributed by atoms with Crippen LogP contribution in [0.1, 0.15) is 48.3 Å². The van der Waals surface area contributed by atoms with E-state index in [4.69, 9.17) is 9.84 Å². The molecule has 0 amide bonds. The monoisotopic (exact) mass is 322 g/mol. The van der Waals surface area contributed by atoms with Gasteiger partial charge in [0.05, 0.1) is 13.2 Å². The van der Waals surface area contributed by atoms with Gasteiger partial charge in [0, 0.05) is 12.0 Å². The topological polar surface area (TPSA) is 29.5 Å². The molecule has 1 N–H and O–H groups in total. The molecule has 2 aromatic carbocycles. The minimum Gasteiger partial charge on any atom is -0.492 e. The first-order valence-corrected chi connectivity index (χ1v) is 8.95. The molecular weight excluding hydrogens is 296 g/mol. The van der Waals surface area contributed by atoms with Gasteiger partial charge in [-0.15, -0.1) is 0 Å². The molecule has 0 radical (unpaired) electrons. The number of aliphatic hydroxyl groups excluding tert-OH is 1. The molecule has 2 nitrogen and oxygen atoms in total. The molecule has 126 valence electrons. The van der Waals surface area contributed by atoms with E-state index in [0.717, 1.165) is 17.7 Å². The largest absolute Gasteiger partial charge is 0.492 e. The van der Waals surface area contributed by atoms with Gasteiger partial charge in [-0.05, 0) is 29.9 Å². The molecule has 0 bridgehead atoms.